The maximum atomic E-state index is 10.8. The Morgan fingerprint density at radius 1 is 1.50 bits per heavy atom. The highest BCUT2D eigenvalue weighted by Gasteiger charge is 2.36. The van der Waals surface area contributed by atoms with E-state index in [1.165, 1.54) is 7.11 Å². The van der Waals surface area contributed by atoms with E-state index in [1.54, 1.807) is 5.32 Å². The lowest BCUT2D eigenvalue weighted by Crippen LogP contribution is -3.00. The van der Waals surface area contributed by atoms with Crippen molar-refractivity contribution < 1.29 is 42.2 Å². The molecule has 0 spiro atoms. The normalized spacial score (nSPS) is 29.5. The first-order valence-electron chi connectivity index (χ1n) is 4.96. The Balaban J connectivity index is 0.00000225. The number of aliphatic carboxylic acids is 1. The van der Waals surface area contributed by atoms with E-state index in [-0.39, 0.29) is 38.0 Å². The number of carbonyl (C=O) groups is 1. The molecular weight excluding hydrogens is 238 g/mol. The second-order valence-electron chi connectivity index (χ2n) is 3.75. The fraction of sp³-hybridized carbons (Fsp3) is 0.889. The summed E-state index contributed by atoms with van der Waals surface area (Å²) >= 11 is 0. The van der Waals surface area contributed by atoms with Crippen molar-refractivity contribution in [1.82, 2.24) is 0 Å². The van der Waals surface area contributed by atoms with E-state index in [9.17, 15) is 4.79 Å². The van der Waals surface area contributed by atoms with Crippen molar-refractivity contribution in [2.75, 3.05) is 20.5 Å². The Labute approximate surface area is 100 Å². The van der Waals surface area contributed by atoms with Crippen LogP contribution in [0.1, 0.15) is 12.8 Å². The fourth-order valence-corrected chi connectivity index (χ4v) is 1.82. The number of ether oxygens (including phenoxy) is 2. The van der Waals surface area contributed by atoms with Gasteiger partial charge in [0.05, 0.1) is 12.7 Å². The van der Waals surface area contributed by atoms with E-state index < -0.39 is 12.0 Å². The predicted molar refractivity (Wildman–Crippen MR) is 50.2 cm³/mol. The molecule has 0 radical (unpaired) electrons. The number of rotatable bonds is 5. The third-order valence-electron chi connectivity index (χ3n) is 2.56. The monoisotopic (exact) mass is 255 g/mol. The van der Waals surface area contributed by atoms with Gasteiger partial charge in [0.2, 0.25) is 0 Å². The van der Waals surface area contributed by atoms with Crippen LogP contribution in [0.2, 0.25) is 0 Å². The van der Waals surface area contributed by atoms with E-state index in [0.717, 1.165) is 0 Å². The number of quaternary nitrogens is 1. The van der Waals surface area contributed by atoms with Gasteiger partial charge in [0.15, 0.2) is 6.04 Å². The smallest absolute Gasteiger partial charge is 0.362 e. The van der Waals surface area contributed by atoms with Crippen LogP contribution < -0.4 is 17.7 Å². The lowest BCUT2D eigenvalue weighted by molar-refractivity contribution is -0.723. The largest absolute Gasteiger partial charge is 1.00 e. The summed E-state index contributed by atoms with van der Waals surface area (Å²) in [5.74, 6) is -0.862. The van der Waals surface area contributed by atoms with Gasteiger partial charge in [-0.2, -0.15) is 0 Å². The maximum absolute atomic E-state index is 10.8. The van der Waals surface area contributed by atoms with Crippen LogP contribution in [0.5, 0.6) is 0 Å². The summed E-state index contributed by atoms with van der Waals surface area (Å²) in [7, 11) is 1.52. The minimum absolute atomic E-state index is 0. The molecule has 0 aromatic heterocycles. The van der Waals surface area contributed by atoms with Crippen LogP contribution in [0.3, 0.4) is 0 Å². The molecule has 1 saturated heterocycles. The van der Waals surface area contributed by atoms with Gasteiger partial charge in [-0.3, -0.25) is 0 Å². The highest BCUT2D eigenvalue weighted by Crippen LogP contribution is 2.12. The van der Waals surface area contributed by atoms with E-state index in [4.69, 9.17) is 19.7 Å². The van der Waals surface area contributed by atoms with Crippen molar-refractivity contribution in [3.63, 3.8) is 0 Å². The molecule has 0 bridgehead atoms. The van der Waals surface area contributed by atoms with Gasteiger partial charge >= 0.3 is 5.97 Å². The zero-order valence-electron chi connectivity index (χ0n) is 9.13. The predicted octanol–water partition coefficient (Wildman–Crippen LogP) is -4.85. The zero-order valence-corrected chi connectivity index (χ0v) is 9.89. The van der Waals surface area contributed by atoms with Gasteiger partial charge < -0.3 is 37.4 Å². The summed E-state index contributed by atoms with van der Waals surface area (Å²) in [6, 6.07) is -0.625. The summed E-state index contributed by atoms with van der Waals surface area (Å²) < 4.78 is 10.1. The first-order valence-corrected chi connectivity index (χ1v) is 4.96. The van der Waals surface area contributed by atoms with E-state index in [0.29, 0.717) is 12.8 Å². The Hall–Kier alpha value is -0.400. The van der Waals surface area contributed by atoms with Gasteiger partial charge in [-0.05, 0) is 0 Å². The summed E-state index contributed by atoms with van der Waals surface area (Å²) in [6.45, 7) is 0.131. The van der Waals surface area contributed by atoms with Crippen LogP contribution in [0.25, 0.3) is 0 Å². The Bertz CT molecular complexity index is 216. The number of hydrogen-bond acceptors (Lipinski definition) is 4. The van der Waals surface area contributed by atoms with Gasteiger partial charge in [-0.15, -0.1) is 0 Å². The number of nitrogens with two attached hydrogens (primary N) is 1. The quantitative estimate of drug-likeness (QED) is 0.429. The molecule has 16 heavy (non-hydrogen) atoms. The molecule has 4 N–H and O–H groups in total. The Morgan fingerprint density at radius 3 is 2.69 bits per heavy atom. The molecule has 1 heterocycles. The molecule has 3 atom stereocenters. The third kappa shape index (κ3) is 4.63. The van der Waals surface area contributed by atoms with Gasteiger partial charge in [0, 0.05) is 20.0 Å². The van der Waals surface area contributed by atoms with Gasteiger partial charge in [0.1, 0.15) is 12.8 Å². The summed E-state index contributed by atoms with van der Waals surface area (Å²) in [5, 5.41) is 19.6. The van der Waals surface area contributed by atoms with Gasteiger partial charge in [-0.1, -0.05) is 0 Å². The van der Waals surface area contributed by atoms with Crippen LogP contribution in [0.15, 0.2) is 0 Å². The molecule has 0 amide bonds. The first kappa shape index (κ1) is 15.6. The van der Waals surface area contributed by atoms with Gasteiger partial charge in [0.25, 0.3) is 0 Å². The van der Waals surface area contributed by atoms with Crippen molar-refractivity contribution in [2.24, 2.45) is 0 Å². The minimum Gasteiger partial charge on any atom is -1.00 e. The number of aliphatic hydroxyl groups is 1. The number of piperidine rings is 1. The molecule has 0 unspecified atom stereocenters. The molecule has 0 aromatic carbocycles. The molecule has 0 aliphatic carbocycles. The molecule has 1 aliphatic rings. The third-order valence-corrected chi connectivity index (χ3v) is 2.56. The van der Waals surface area contributed by atoms with E-state index >= 15 is 0 Å². The van der Waals surface area contributed by atoms with Crippen molar-refractivity contribution in [3.05, 3.63) is 0 Å². The summed E-state index contributed by atoms with van der Waals surface area (Å²) in [6.07, 6.45) is 0.965. The molecule has 96 valence electrons. The molecule has 0 aromatic rings. The van der Waals surface area contributed by atoms with E-state index in [2.05, 4.69) is 0 Å². The minimum atomic E-state index is -0.862. The molecule has 1 rings (SSSR count). The van der Waals surface area contributed by atoms with Crippen molar-refractivity contribution in [1.29, 1.82) is 0 Å². The van der Waals surface area contributed by atoms with Crippen LogP contribution >= 0.6 is 0 Å². The number of hydrogen-bond donors (Lipinski definition) is 3. The molecule has 0 saturated carbocycles. The SMILES string of the molecule is COCO[C@@H]1C[C@H](CO)[NH2+][C@H](C(=O)O)C1.[Cl-]. The average molecular weight is 256 g/mol. The Morgan fingerprint density at radius 2 is 2.19 bits per heavy atom. The number of aliphatic hydroxyl groups excluding tert-OH is 1. The van der Waals surface area contributed by atoms with Crippen molar-refractivity contribution in [2.45, 2.75) is 31.0 Å². The molecular formula is C9H18ClNO5. The number of carboxylic acids is 1. The summed E-state index contributed by atoms with van der Waals surface area (Å²) in [4.78, 5) is 10.8. The lowest BCUT2D eigenvalue weighted by Gasteiger charge is -2.30. The molecule has 1 aliphatic heterocycles. The number of carboxylic acid groups (broad SMARTS) is 1. The topological polar surface area (TPSA) is 92.6 Å². The van der Waals surface area contributed by atoms with Crippen LogP contribution in [-0.2, 0) is 14.3 Å². The molecule has 6 nitrogen and oxygen atoms in total. The Kier molecular flexibility index (Phi) is 7.61. The van der Waals surface area contributed by atoms with E-state index in [1.807, 2.05) is 0 Å². The van der Waals surface area contributed by atoms with Crippen molar-refractivity contribution in [3.8, 4) is 0 Å². The number of methoxy groups -OCH3 is 1. The zero-order chi connectivity index (χ0) is 11.3. The molecule has 1 fully saturated rings. The first-order chi connectivity index (χ1) is 7.17. The van der Waals surface area contributed by atoms with Crippen LogP contribution in [-0.4, -0.2) is 54.9 Å². The highest BCUT2D eigenvalue weighted by molar-refractivity contribution is 5.71. The van der Waals surface area contributed by atoms with Gasteiger partial charge in [-0.25, -0.2) is 4.79 Å². The number of halogens is 1. The standard InChI is InChI=1S/C9H17NO5.ClH/c1-14-5-15-7-2-6(4-11)10-8(3-7)9(12)13;/h6-8,10-11H,2-5H2,1H3,(H,12,13);1H/t6-,7-,8+;/m1./s1. The second kappa shape index (κ2) is 7.81. The maximum Gasteiger partial charge on any atom is 0.362 e. The highest BCUT2D eigenvalue weighted by atomic mass is 35.5. The fourth-order valence-electron chi connectivity index (χ4n) is 1.82. The molecule has 7 heteroatoms. The van der Waals surface area contributed by atoms with Crippen LogP contribution in [0.4, 0.5) is 0 Å². The summed E-state index contributed by atoms with van der Waals surface area (Å²) in [5.41, 5.74) is 0. The lowest BCUT2D eigenvalue weighted by atomic mass is 9.96. The van der Waals surface area contributed by atoms with Crippen molar-refractivity contribution >= 4 is 5.97 Å². The average Bonchev–Trinajstić information content (AvgIpc) is 2.25. The second-order valence-corrected chi connectivity index (χ2v) is 3.75. The van der Waals surface area contributed by atoms with Crippen LogP contribution in [0, 0.1) is 0 Å².